The Bertz CT molecular complexity index is 485. The Labute approximate surface area is 125 Å². The summed E-state index contributed by atoms with van der Waals surface area (Å²) in [7, 11) is 0. The average molecular weight is 293 g/mol. The fourth-order valence-corrected chi connectivity index (χ4v) is 2.01. The number of rotatable bonds is 8. The van der Waals surface area contributed by atoms with Crippen LogP contribution in [0.15, 0.2) is 24.3 Å². The molecule has 0 aliphatic heterocycles. The summed E-state index contributed by atoms with van der Waals surface area (Å²) in [6.07, 6.45) is 0.513. The third-order valence-corrected chi connectivity index (χ3v) is 3.18. The Kier molecular flexibility index (Phi) is 6.72. The minimum atomic E-state index is -0.845. The molecule has 0 unspecified atom stereocenters. The van der Waals surface area contributed by atoms with Crippen molar-refractivity contribution in [1.82, 2.24) is 4.90 Å². The highest BCUT2D eigenvalue weighted by molar-refractivity contribution is 5.78. The van der Waals surface area contributed by atoms with Gasteiger partial charge >= 0.3 is 5.97 Å². The van der Waals surface area contributed by atoms with Crippen LogP contribution in [0.25, 0.3) is 0 Å². The fourth-order valence-electron chi connectivity index (χ4n) is 2.01. The van der Waals surface area contributed by atoms with Gasteiger partial charge in [0.15, 0.2) is 6.61 Å². The highest BCUT2D eigenvalue weighted by Gasteiger charge is 2.17. The number of aliphatic carboxylic acids is 1. The van der Waals surface area contributed by atoms with Gasteiger partial charge in [-0.1, -0.05) is 18.2 Å². The van der Waals surface area contributed by atoms with Gasteiger partial charge < -0.3 is 14.7 Å². The van der Waals surface area contributed by atoms with Crippen molar-refractivity contribution in [3.8, 4) is 5.75 Å². The third kappa shape index (κ3) is 5.85. The van der Waals surface area contributed by atoms with Crippen molar-refractivity contribution >= 4 is 11.9 Å². The molecule has 5 nitrogen and oxygen atoms in total. The lowest BCUT2D eigenvalue weighted by Gasteiger charge is -2.26. The monoisotopic (exact) mass is 293 g/mol. The van der Waals surface area contributed by atoms with Gasteiger partial charge in [-0.25, -0.2) is 0 Å². The zero-order valence-electron chi connectivity index (χ0n) is 12.8. The van der Waals surface area contributed by atoms with Gasteiger partial charge in [0, 0.05) is 19.0 Å². The second-order valence-electron chi connectivity index (χ2n) is 5.23. The van der Waals surface area contributed by atoms with E-state index >= 15 is 0 Å². The Morgan fingerprint density at radius 2 is 1.95 bits per heavy atom. The zero-order chi connectivity index (χ0) is 15.8. The van der Waals surface area contributed by atoms with Crippen molar-refractivity contribution < 1.29 is 19.4 Å². The van der Waals surface area contributed by atoms with Gasteiger partial charge in [0.05, 0.1) is 0 Å². The van der Waals surface area contributed by atoms with E-state index in [4.69, 9.17) is 9.84 Å². The largest absolute Gasteiger partial charge is 0.484 e. The van der Waals surface area contributed by atoms with Crippen LogP contribution in [0.1, 0.15) is 32.3 Å². The molecule has 0 fully saturated rings. The number of hydrogen-bond acceptors (Lipinski definition) is 3. The quantitative estimate of drug-likeness (QED) is 0.799. The normalized spacial score (nSPS) is 10.5. The Hall–Kier alpha value is -2.04. The van der Waals surface area contributed by atoms with Crippen LogP contribution in [0, 0.1) is 6.92 Å². The lowest BCUT2D eigenvalue weighted by Crippen LogP contribution is -2.40. The number of para-hydroxylation sites is 1. The number of amides is 1. The molecule has 0 spiro atoms. The third-order valence-electron chi connectivity index (χ3n) is 3.18. The fraction of sp³-hybridized carbons (Fsp3) is 0.500. The standard InChI is InChI=1S/C16H23NO4/c1-12(2)17(10-6-9-16(19)20)15(18)11-21-14-8-5-4-7-13(14)3/h4-5,7-8,12H,6,9-11H2,1-3H3,(H,19,20). The van der Waals surface area contributed by atoms with E-state index < -0.39 is 5.97 Å². The van der Waals surface area contributed by atoms with E-state index in [-0.39, 0.29) is 25.0 Å². The Morgan fingerprint density at radius 1 is 1.29 bits per heavy atom. The van der Waals surface area contributed by atoms with Crippen molar-refractivity contribution in [2.24, 2.45) is 0 Å². The smallest absolute Gasteiger partial charge is 0.303 e. The minimum absolute atomic E-state index is 0.0202. The Balaban J connectivity index is 2.53. The van der Waals surface area contributed by atoms with Gasteiger partial charge in [-0.15, -0.1) is 0 Å². The van der Waals surface area contributed by atoms with Gasteiger partial charge in [-0.3, -0.25) is 9.59 Å². The molecule has 0 radical (unpaired) electrons. The first-order valence-electron chi connectivity index (χ1n) is 7.11. The van der Waals surface area contributed by atoms with Crippen LogP contribution < -0.4 is 4.74 Å². The molecular formula is C16H23NO4. The number of carboxylic acids is 1. The maximum absolute atomic E-state index is 12.2. The van der Waals surface area contributed by atoms with E-state index in [9.17, 15) is 9.59 Å². The first kappa shape index (κ1) is 17.0. The molecule has 1 rings (SSSR count). The van der Waals surface area contributed by atoms with Gasteiger partial charge in [0.2, 0.25) is 0 Å². The van der Waals surface area contributed by atoms with Crippen molar-refractivity contribution in [2.45, 2.75) is 39.7 Å². The van der Waals surface area contributed by atoms with Gasteiger partial charge in [0.25, 0.3) is 5.91 Å². The summed E-state index contributed by atoms with van der Waals surface area (Å²) in [4.78, 5) is 24.4. The molecule has 0 saturated carbocycles. The summed E-state index contributed by atoms with van der Waals surface area (Å²) in [5.41, 5.74) is 0.979. The van der Waals surface area contributed by atoms with Crippen molar-refractivity contribution in [1.29, 1.82) is 0 Å². The zero-order valence-corrected chi connectivity index (χ0v) is 12.8. The van der Waals surface area contributed by atoms with Crippen LogP contribution in [0.3, 0.4) is 0 Å². The molecule has 0 aliphatic rings. The van der Waals surface area contributed by atoms with E-state index in [1.165, 1.54) is 0 Å². The predicted molar refractivity (Wildman–Crippen MR) is 80.4 cm³/mol. The summed E-state index contributed by atoms with van der Waals surface area (Å²) in [6, 6.07) is 7.54. The second kappa shape index (κ2) is 8.29. The van der Waals surface area contributed by atoms with E-state index in [1.54, 1.807) is 4.90 Å². The number of aryl methyl sites for hydroxylation is 1. The summed E-state index contributed by atoms with van der Waals surface area (Å²) in [6.45, 7) is 6.14. The maximum Gasteiger partial charge on any atom is 0.303 e. The van der Waals surface area contributed by atoms with Gasteiger partial charge in [-0.2, -0.15) is 0 Å². The first-order chi connectivity index (χ1) is 9.91. The molecule has 0 aliphatic carbocycles. The van der Waals surface area contributed by atoms with Crippen molar-refractivity contribution in [2.75, 3.05) is 13.2 Å². The molecule has 1 N–H and O–H groups in total. The molecule has 5 heteroatoms. The summed E-state index contributed by atoms with van der Waals surface area (Å²) in [5, 5.41) is 8.66. The number of nitrogens with zero attached hydrogens (tertiary/aromatic N) is 1. The second-order valence-corrected chi connectivity index (χ2v) is 5.23. The number of ether oxygens (including phenoxy) is 1. The van der Waals surface area contributed by atoms with E-state index in [0.29, 0.717) is 18.7 Å². The number of carbonyl (C=O) groups is 2. The van der Waals surface area contributed by atoms with Crippen molar-refractivity contribution in [3.63, 3.8) is 0 Å². The molecule has 1 aromatic carbocycles. The summed E-state index contributed by atoms with van der Waals surface area (Å²) in [5.74, 6) is -0.277. The van der Waals surface area contributed by atoms with Crippen LogP contribution in [0.4, 0.5) is 0 Å². The van der Waals surface area contributed by atoms with Crippen LogP contribution >= 0.6 is 0 Å². The number of carbonyl (C=O) groups excluding carboxylic acids is 1. The molecule has 0 aromatic heterocycles. The molecule has 0 atom stereocenters. The van der Waals surface area contributed by atoms with E-state index in [0.717, 1.165) is 5.56 Å². The average Bonchev–Trinajstić information content (AvgIpc) is 2.41. The topological polar surface area (TPSA) is 66.8 Å². The maximum atomic E-state index is 12.2. The minimum Gasteiger partial charge on any atom is -0.484 e. The molecule has 0 saturated heterocycles. The van der Waals surface area contributed by atoms with Crippen molar-refractivity contribution in [3.05, 3.63) is 29.8 Å². The lowest BCUT2D eigenvalue weighted by atomic mass is 10.2. The number of benzene rings is 1. The SMILES string of the molecule is Cc1ccccc1OCC(=O)N(CCCC(=O)O)C(C)C. The van der Waals surface area contributed by atoms with Crippen LogP contribution in [-0.2, 0) is 9.59 Å². The highest BCUT2D eigenvalue weighted by atomic mass is 16.5. The molecule has 116 valence electrons. The molecule has 1 amide bonds. The van der Waals surface area contributed by atoms with Crippen LogP contribution in [0.2, 0.25) is 0 Å². The van der Waals surface area contributed by atoms with Gasteiger partial charge in [-0.05, 0) is 38.8 Å². The molecule has 0 heterocycles. The number of carboxylic acid groups (broad SMARTS) is 1. The number of hydrogen-bond donors (Lipinski definition) is 1. The molecule has 21 heavy (non-hydrogen) atoms. The molecular weight excluding hydrogens is 270 g/mol. The highest BCUT2D eigenvalue weighted by Crippen LogP contribution is 2.16. The lowest BCUT2D eigenvalue weighted by molar-refractivity contribution is -0.139. The Morgan fingerprint density at radius 3 is 2.52 bits per heavy atom. The van der Waals surface area contributed by atoms with Crippen LogP contribution in [0.5, 0.6) is 5.75 Å². The van der Waals surface area contributed by atoms with E-state index in [1.807, 2.05) is 45.0 Å². The molecule has 1 aromatic rings. The van der Waals surface area contributed by atoms with Gasteiger partial charge in [0.1, 0.15) is 5.75 Å². The van der Waals surface area contributed by atoms with E-state index in [2.05, 4.69) is 0 Å². The molecule has 0 bridgehead atoms. The van der Waals surface area contributed by atoms with Crippen LogP contribution in [-0.4, -0.2) is 41.1 Å². The summed E-state index contributed by atoms with van der Waals surface area (Å²) >= 11 is 0. The first-order valence-corrected chi connectivity index (χ1v) is 7.11. The predicted octanol–water partition coefficient (Wildman–Crippen LogP) is 2.48. The summed E-state index contributed by atoms with van der Waals surface area (Å²) < 4.78 is 5.55.